The van der Waals surface area contributed by atoms with Crippen molar-refractivity contribution in [1.29, 1.82) is 0 Å². The molecule has 0 aliphatic heterocycles. The molecule has 9 heteroatoms. The van der Waals surface area contributed by atoms with Crippen molar-refractivity contribution < 1.29 is 19.1 Å². The first-order valence-electron chi connectivity index (χ1n) is 7.99. The van der Waals surface area contributed by atoms with E-state index in [0.717, 1.165) is 21.5 Å². The van der Waals surface area contributed by atoms with Crippen LogP contribution >= 0.6 is 35.2 Å². The standard InChI is InChI=1S/C19H15ClN2O4S2/c1-25-17(23)10-3-5-11(6-4-10)21-19(27)22-12-7-8-13-14(9-12)28-16(15(13)20)18(24)26-2/h3-9H,1-2H3,(H2,21,22,27). The van der Waals surface area contributed by atoms with E-state index in [1.165, 1.54) is 25.6 Å². The third-order valence-corrected chi connectivity index (χ3v) is 5.66. The Labute approximate surface area is 175 Å². The number of esters is 2. The SMILES string of the molecule is COC(=O)c1ccc(NC(=S)Nc2ccc3c(Cl)c(C(=O)OC)sc3c2)cc1. The number of nitrogens with one attached hydrogen (secondary N) is 2. The highest BCUT2D eigenvalue weighted by Crippen LogP contribution is 2.37. The summed E-state index contributed by atoms with van der Waals surface area (Å²) < 4.78 is 10.3. The Morgan fingerprint density at radius 1 is 0.964 bits per heavy atom. The van der Waals surface area contributed by atoms with Crippen molar-refractivity contribution in [3.63, 3.8) is 0 Å². The van der Waals surface area contributed by atoms with Crippen molar-refractivity contribution in [2.24, 2.45) is 0 Å². The van der Waals surface area contributed by atoms with Gasteiger partial charge in [-0.2, -0.15) is 0 Å². The summed E-state index contributed by atoms with van der Waals surface area (Å²) in [5.41, 5.74) is 1.91. The van der Waals surface area contributed by atoms with Crippen LogP contribution < -0.4 is 10.6 Å². The third kappa shape index (κ3) is 4.24. The van der Waals surface area contributed by atoms with Gasteiger partial charge < -0.3 is 20.1 Å². The van der Waals surface area contributed by atoms with Crippen LogP contribution in [0, 0.1) is 0 Å². The molecule has 6 nitrogen and oxygen atoms in total. The van der Waals surface area contributed by atoms with E-state index in [9.17, 15) is 9.59 Å². The summed E-state index contributed by atoms with van der Waals surface area (Å²) in [7, 11) is 2.65. The van der Waals surface area contributed by atoms with Crippen molar-refractivity contribution >= 4 is 73.7 Å². The zero-order valence-corrected chi connectivity index (χ0v) is 17.3. The molecular weight excluding hydrogens is 420 g/mol. The van der Waals surface area contributed by atoms with E-state index in [1.807, 2.05) is 18.2 Å². The van der Waals surface area contributed by atoms with E-state index in [2.05, 4.69) is 15.4 Å². The van der Waals surface area contributed by atoms with E-state index >= 15 is 0 Å². The van der Waals surface area contributed by atoms with E-state index in [-0.39, 0.29) is 0 Å². The summed E-state index contributed by atoms with van der Waals surface area (Å²) in [6.07, 6.45) is 0. The minimum absolute atomic E-state index is 0.364. The molecule has 0 saturated heterocycles. The summed E-state index contributed by atoms with van der Waals surface area (Å²) in [5, 5.41) is 7.65. The third-order valence-electron chi connectivity index (χ3n) is 3.82. The van der Waals surface area contributed by atoms with Crippen LogP contribution in [0.1, 0.15) is 20.0 Å². The fourth-order valence-electron chi connectivity index (χ4n) is 2.47. The number of hydrogen-bond acceptors (Lipinski definition) is 6. The molecule has 28 heavy (non-hydrogen) atoms. The van der Waals surface area contributed by atoms with Gasteiger partial charge in [0.2, 0.25) is 0 Å². The Balaban J connectivity index is 1.72. The summed E-state index contributed by atoms with van der Waals surface area (Å²) >= 11 is 12.8. The number of ether oxygens (including phenoxy) is 2. The molecule has 0 unspecified atom stereocenters. The Morgan fingerprint density at radius 2 is 1.57 bits per heavy atom. The highest BCUT2D eigenvalue weighted by atomic mass is 35.5. The molecule has 0 spiro atoms. The number of carbonyl (C=O) groups is 2. The van der Waals surface area contributed by atoms with Gasteiger partial charge in [0.1, 0.15) is 4.88 Å². The van der Waals surface area contributed by atoms with Crippen LogP contribution in [-0.2, 0) is 9.47 Å². The Hall–Kier alpha value is -2.68. The van der Waals surface area contributed by atoms with Crippen LogP contribution in [0.15, 0.2) is 42.5 Å². The Morgan fingerprint density at radius 3 is 2.21 bits per heavy atom. The van der Waals surface area contributed by atoms with Crippen LogP contribution in [0.3, 0.4) is 0 Å². The molecule has 3 aromatic rings. The fraction of sp³-hybridized carbons (Fsp3) is 0.105. The average molecular weight is 435 g/mol. The first-order valence-corrected chi connectivity index (χ1v) is 9.60. The van der Waals surface area contributed by atoms with Crippen molar-refractivity contribution in [2.75, 3.05) is 24.9 Å². The molecule has 0 atom stereocenters. The number of anilines is 2. The molecule has 2 aromatic carbocycles. The zero-order valence-electron chi connectivity index (χ0n) is 14.9. The van der Waals surface area contributed by atoms with Crippen LogP contribution in [0.25, 0.3) is 10.1 Å². The molecule has 144 valence electrons. The van der Waals surface area contributed by atoms with Crippen molar-refractivity contribution in [3.8, 4) is 0 Å². The van der Waals surface area contributed by atoms with Crippen LogP contribution in [0.5, 0.6) is 0 Å². The summed E-state index contributed by atoms with van der Waals surface area (Å²) in [6.45, 7) is 0. The summed E-state index contributed by atoms with van der Waals surface area (Å²) in [4.78, 5) is 23.6. The van der Waals surface area contributed by atoms with E-state index in [0.29, 0.717) is 20.6 Å². The lowest BCUT2D eigenvalue weighted by atomic mass is 10.2. The number of halogens is 1. The first-order chi connectivity index (χ1) is 13.4. The van der Waals surface area contributed by atoms with Crippen molar-refractivity contribution in [1.82, 2.24) is 0 Å². The molecule has 1 heterocycles. The lowest BCUT2D eigenvalue weighted by Gasteiger charge is -2.11. The second-order valence-electron chi connectivity index (χ2n) is 5.60. The van der Waals surface area contributed by atoms with Gasteiger partial charge in [-0.15, -0.1) is 11.3 Å². The van der Waals surface area contributed by atoms with Gasteiger partial charge in [0.05, 0.1) is 24.8 Å². The number of hydrogen-bond donors (Lipinski definition) is 2. The van der Waals surface area contributed by atoms with Crippen molar-refractivity contribution in [3.05, 3.63) is 57.9 Å². The van der Waals surface area contributed by atoms with Crippen molar-refractivity contribution in [2.45, 2.75) is 0 Å². The predicted octanol–water partition coefficient (Wildman–Crippen LogP) is 4.94. The Bertz CT molecular complexity index is 1060. The number of fused-ring (bicyclic) bond motifs is 1. The van der Waals surface area contributed by atoms with E-state index < -0.39 is 11.9 Å². The van der Waals surface area contributed by atoms with Gasteiger partial charge in [-0.3, -0.25) is 0 Å². The van der Waals surface area contributed by atoms with Gasteiger partial charge in [0.15, 0.2) is 5.11 Å². The second-order valence-corrected chi connectivity index (χ2v) is 7.43. The maximum Gasteiger partial charge on any atom is 0.349 e. The molecule has 0 amide bonds. The van der Waals surface area contributed by atoms with Gasteiger partial charge >= 0.3 is 11.9 Å². The van der Waals surface area contributed by atoms with Gasteiger partial charge in [-0.1, -0.05) is 11.6 Å². The number of carbonyl (C=O) groups excluding carboxylic acids is 2. The zero-order chi connectivity index (χ0) is 20.3. The maximum absolute atomic E-state index is 11.8. The monoisotopic (exact) mass is 434 g/mol. The molecule has 0 aliphatic carbocycles. The second kappa shape index (κ2) is 8.55. The molecular formula is C19H15ClN2O4S2. The largest absolute Gasteiger partial charge is 0.465 e. The molecule has 3 rings (SSSR count). The van der Waals surface area contributed by atoms with Crippen LogP contribution in [0.2, 0.25) is 5.02 Å². The normalized spacial score (nSPS) is 10.4. The van der Waals surface area contributed by atoms with E-state index in [1.54, 1.807) is 24.3 Å². The van der Waals surface area contributed by atoms with Gasteiger partial charge in [0.25, 0.3) is 0 Å². The Kier molecular flexibility index (Phi) is 6.13. The van der Waals surface area contributed by atoms with Gasteiger partial charge in [-0.05, 0) is 54.7 Å². The maximum atomic E-state index is 11.8. The molecule has 0 saturated carbocycles. The minimum atomic E-state index is -0.465. The number of methoxy groups -OCH3 is 2. The lowest BCUT2D eigenvalue weighted by molar-refractivity contribution is 0.0594. The number of rotatable bonds is 4. The average Bonchev–Trinajstić information content (AvgIpc) is 3.03. The molecule has 0 radical (unpaired) electrons. The molecule has 1 aromatic heterocycles. The molecule has 2 N–H and O–H groups in total. The quantitative estimate of drug-likeness (QED) is 0.445. The highest BCUT2D eigenvalue weighted by Gasteiger charge is 2.17. The summed E-state index contributed by atoms with van der Waals surface area (Å²) in [5.74, 6) is -0.866. The fourth-order valence-corrected chi connectivity index (χ4v) is 4.17. The minimum Gasteiger partial charge on any atom is -0.465 e. The van der Waals surface area contributed by atoms with E-state index in [4.69, 9.17) is 28.6 Å². The van der Waals surface area contributed by atoms with Crippen LogP contribution in [-0.4, -0.2) is 31.3 Å². The number of thiocarbonyl (C=S) groups is 1. The molecule has 0 aliphatic rings. The lowest BCUT2D eigenvalue weighted by Crippen LogP contribution is -2.19. The summed E-state index contributed by atoms with van der Waals surface area (Å²) in [6, 6.07) is 12.2. The predicted molar refractivity (Wildman–Crippen MR) is 116 cm³/mol. The van der Waals surface area contributed by atoms with Crippen LogP contribution in [0.4, 0.5) is 11.4 Å². The molecule has 0 fully saturated rings. The highest BCUT2D eigenvalue weighted by molar-refractivity contribution is 7.80. The number of benzene rings is 2. The van der Waals surface area contributed by atoms with Gasteiger partial charge in [-0.25, -0.2) is 9.59 Å². The molecule has 0 bridgehead atoms. The topological polar surface area (TPSA) is 76.7 Å². The first kappa shape index (κ1) is 20.1. The number of thiophene rings is 1. The smallest absolute Gasteiger partial charge is 0.349 e. The van der Waals surface area contributed by atoms with Gasteiger partial charge in [0, 0.05) is 21.5 Å².